The summed E-state index contributed by atoms with van der Waals surface area (Å²) in [5.41, 5.74) is 0.681. The molecule has 2 aliphatic heterocycles. The van der Waals surface area contributed by atoms with Gasteiger partial charge < -0.3 is 16.0 Å². The highest BCUT2D eigenvalue weighted by atomic mass is 32.2. The molecule has 0 bridgehead atoms. The Bertz CT molecular complexity index is 735. The molecule has 124 valence electrons. The molecule has 2 heterocycles. The highest BCUT2D eigenvalue weighted by Crippen LogP contribution is 2.23. The highest BCUT2D eigenvalue weighted by molar-refractivity contribution is 8.15. The van der Waals surface area contributed by atoms with Gasteiger partial charge in [0.1, 0.15) is 11.1 Å². The number of anilines is 1. The van der Waals surface area contributed by atoms with E-state index in [4.69, 9.17) is 0 Å². The molecule has 24 heavy (non-hydrogen) atoms. The Hall–Kier alpha value is -2.33. The quantitative estimate of drug-likeness (QED) is 0.700. The molecule has 0 aliphatic carbocycles. The molecule has 8 nitrogen and oxygen atoms in total. The number of para-hydroxylation sites is 1. The molecule has 2 fully saturated rings. The number of benzene rings is 1. The zero-order valence-electron chi connectivity index (χ0n) is 12.3. The van der Waals surface area contributed by atoms with Crippen molar-refractivity contribution in [2.75, 3.05) is 11.1 Å². The molecule has 0 radical (unpaired) electrons. The molecule has 10 heteroatoms. The average Bonchev–Trinajstić information content (AvgIpc) is 3.12. The zero-order chi connectivity index (χ0) is 16.9. The number of carbonyl (C=O) groups is 3. The van der Waals surface area contributed by atoms with Crippen molar-refractivity contribution in [2.24, 2.45) is 10.2 Å². The minimum absolute atomic E-state index is 0.0353. The van der Waals surface area contributed by atoms with Crippen LogP contribution in [0.5, 0.6) is 0 Å². The molecule has 0 unspecified atom stereocenters. The predicted octanol–water partition coefficient (Wildman–Crippen LogP) is 1.37. The summed E-state index contributed by atoms with van der Waals surface area (Å²) in [7, 11) is 0. The summed E-state index contributed by atoms with van der Waals surface area (Å²) >= 11 is 2.24. The smallest absolute Gasteiger partial charge is 0.284 e. The molecule has 3 amide bonds. The van der Waals surface area contributed by atoms with Gasteiger partial charge in [0.25, 0.3) is 5.24 Å². The number of amides is 3. The molecular weight excluding hydrogens is 350 g/mol. The number of carbonyl (C=O) groups excluding carboxylic acids is 3. The molecule has 1 aromatic carbocycles. The Morgan fingerprint density at radius 1 is 1.21 bits per heavy atom. The van der Waals surface area contributed by atoms with Crippen LogP contribution in [0.25, 0.3) is 0 Å². The van der Waals surface area contributed by atoms with E-state index in [9.17, 15) is 14.4 Å². The van der Waals surface area contributed by atoms with Crippen molar-refractivity contribution in [3.05, 3.63) is 30.3 Å². The monoisotopic (exact) mass is 363 g/mol. The van der Waals surface area contributed by atoms with Crippen LogP contribution in [0.4, 0.5) is 10.5 Å². The van der Waals surface area contributed by atoms with Gasteiger partial charge in [-0.25, -0.2) is 0 Å². The van der Waals surface area contributed by atoms with Gasteiger partial charge in [-0.3, -0.25) is 14.4 Å². The standard InChI is InChI=1S/C14H13N5O3S2/c20-11(15-8-4-2-1-3-5-8)6-9-12(21)17-13(24-9)19-18-10-7-23-14(22)16-10/h1-5,9H,6-7H2,(H,15,20)(H,16,18,22)(H,17,19,21)/t9-/m0/s1. The lowest BCUT2D eigenvalue weighted by Crippen LogP contribution is -2.28. The molecule has 0 saturated carbocycles. The van der Waals surface area contributed by atoms with Crippen LogP contribution in [0.1, 0.15) is 6.42 Å². The summed E-state index contributed by atoms with van der Waals surface area (Å²) in [4.78, 5) is 34.9. The number of nitrogens with zero attached hydrogens (tertiary/aromatic N) is 2. The van der Waals surface area contributed by atoms with E-state index in [1.165, 1.54) is 0 Å². The van der Waals surface area contributed by atoms with E-state index < -0.39 is 5.25 Å². The lowest BCUT2D eigenvalue weighted by molar-refractivity contribution is -0.122. The van der Waals surface area contributed by atoms with E-state index >= 15 is 0 Å². The SMILES string of the molecule is O=C(C[C@@H]1S/C(=N/N=C2/CSC(=O)N2)NC1=O)Nc1ccccc1. The van der Waals surface area contributed by atoms with Crippen molar-refractivity contribution < 1.29 is 14.4 Å². The van der Waals surface area contributed by atoms with Gasteiger partial charge in [0.15, 0.2) is 5.17 Å². The van der Waals surface area contributed by atoms with Crippen molar-refractivity contribution >= 4 is 57.3 Å². The van der Waals surface area contributed by atoms with Gasteiger partial charge >= 0.3 is 0 Å². The van der Waals surface area contributed by atoms with Gasteiger partial charge in [-0.2, -0.15) is 0 Å². The van der Waals surface area contributed by atoms with Crippen LogP contribution in [0, 0.1) is 0 Å². The highest BCUT2D eigenvalue weighted by Gasteiger charge is 2.32. The second-order valence-electron chi connectivity index (χ2n) is 4.87. The Labute approximate surface area is 145 Å². The fourth-order valence-electron chi connectivity index (χ4n) is 1.97. The summed E-state index contributed by atoms with van der Waals surface area (Å²) in [6.45, 7) is 0. The van der Waals surface area contributed by atoms with E-state index in [0.717, 1.165) is 23.5 Å². The fourth-order valence-corrected chi connectivity index (χ4v) is 3.48. The molecule has 2 saturated heterocycles. The topological polar surface area (TPSA) is 112 Å². The third kappa shape index (κ3) is 4.36. The maximum atomic E-state index is 12.0. The summed E-state index contributed by atoms with van der Waals surface area (Å²) in [5, 5.41) is 15.2. The third-order valence-corrected chi connectivity index (χ3v) is 4.91. The molecule has 0 aromatic heterocycles. The van der Waals surface area contributed by atoms with Crippen LogP contribution in [-0.4, -0.2) is 39.1 Å². The number of hydrogen-bond donors (Lipinski definition) is 3. The number of hydrogen-bond acceptors (Lipinski definition) is 7. The van der Waals surface area contributed by atoms with Crippen molar-refractivity contribution in [1.82, 2.24) is 10.6 Å². The van der Waals surface area contributed by atoms with Crippen LogP contribution in [-0.2, 0) is 9.59 Å². The van der Waals surface area contributed by atoms with Crippen molar-refractivity contribution in [3.63, 3.8) is 0 Å². The summed E-state index contributed by atoms with van der Waals surface area (Å²) in [6.07, 6.45) is 0.0353. The Morgan fingerprint density at radius 2 is 2.00 bits per heavy atom. The molecule has 3 N–H and O–H groups in total. The van der Waals surface area contributed by atoms with Crippen LogP contribution >= 0.6 is 23.5 Å². The van der Waals surface area contributed by atoms with Crippen molar-refractivity contribution in [2.45, 2.75) is 11.7 Å². The average molecular weight is 363 g/mol. The fraction of sp³-hybridized carbons (Fsp3) is 0.214. The van der Waals surface area contributed by atoms with E-state index in [0.29, 0.717) is 22.4 Å². The second-order valence-corrected chi connectivity index (χ2v) is 7.01. The first-order valence-electron chi connectivity index (χ1n) is 7.01. The van der Waals surface area contributed by atoms with Crippen LogP contribution < -0.4 is 16.0 Å². The Balaban J connectivity index is 1.55. The lowest BCUT2D eigenvalue weighted by atomic mass is 10.2. The van der Waals surface area contributed by atoms with Gasteiger partial charge in [0.2, 0.25) is 11.8 Å². The zero-order valence-corrected chi connectivity index (χ0v) is 13.9. The van der Waals surface area contributed by atoms with E-state index in [1.807, 2.05) is 18.2 Å². The third-order valence-electron chi connectivity index (χ3n) is 3.05. The number of amidine groups is 2. The summed E-state index contributed by atoms with van der Waals surface area (Å²) in [6, 6.07) is 9.03. The van der Waals surface area contributed by atoms with Gasteiger partial charge in [0.05, 0.1) is 5.75 Å². The molecule has 3 rings (SSSR count). The normalized spacial score (nSPS) is 23.4. The van der Waals surface area contributed by atoms with Crippen LogP contribution in [0.15, 0.2) is 40.5 Å². The molecule has 1 atom stereocenters. The first kappa shape index (κ1) is 16.5. The predicted molar refractivity (Wildman–Crippen MR) is 95.1 cm³/mol. The van der Waals surface area contributed by atoms with Crippen molar-refractivity contribution in [3.8, 4) is 0 Å². The minimum Gasteiger partial charge on any atom is -0.326 e. The van der Waals surface area contributed by atoms with Crippen LogP contribution in [0.3, 0.4) is 0 Å². The Morgan fingerprint density at radius 3 is 2.71 bits per heavy atom. The summed E-state index contributed by atoms with van der Waals surface area (Å²) in [5.74, 6) is 0.336. The molecule has 0 spiro atoms. The Kier molecular flexibility index (Phi) is 5.16. The minimum atomic E-state index is -0.555. The summed E-state index contributed by atoms with van der Waals surface area (Å²) < 4.78 is 0. The molecule has 1 aromatic rings. The van der Waals surface area contributed by atoms with Crippen LogP contribution in [0.2, 0.25) is 0 Å². The second kappa shape index (κ2) is 7.49. The maximum absolute atomic E-state index is 12.0. The van der Waals surface area contributed by atoms with Gasteiger partial charge in [0, 0.05) is 12.1 Å². The largest absolute Gasteiger partial charge is 0.326 e. The number of thioether (sulfide) groups is 2. The molecular formula is C14H13N5O3S2. The number of rotatable bonds is 4. The molecule has 2 aliphatic rings. The van der Waals surface area contributed by atoms with E-state index in [2.05, 4.69) is 26.2 Å². The lowest BCUT2D eigenvalue weighted by Gasteiger charge is -2.06. The first-order chi connectivity index (χ1) is 11.6. The maximum Gasteiger partial charge on any atom is 0.284 e. The number of nitrogens with one attached hydrogen (secondary N) is 3. The van der Waals surface area contributed by atoms with E-state index in [-0.39, 0.29) is 23.5 Å². The first-order valence-corrected chi connectivity index (χ1v) is 8.87. The van der Waals surface area contributed by atoms with Gasteiger partial charge in [-0.1, -0.05) is 41.7 Å². The van der Waals surface area contributed by atoms with Gasteiger partial charge in [-0.15, -0.1) is 10.2 Å². The van der Waals surface area contributed by atoms with Gasteiger partial charge in [-0.05, 0) is 12.1 Å². The van der Waals surface area contributed by atoms with Crippen molar-refractivity contribution in [1.29, 1.82) is 0 Å². The van der Waals surface area contributed by atoms with E-state index in [1.54, 1.807) is 12.1 Å².